The maximum atomic E-state index is 12.8. The molecule has 1 aromatic heterocycles. The molecule has 0 unspecified atom stereocenters. The van der Waals surface area contributed by atoms with E-state index in [1.54, 1.807) is 22.8 Å². The van der Waals surface area contributed by atoms with E-state index in [2.05, 4.69) is 15.0 Å². The number of benzene rings is 2. The first kappa shape index (κ1) is 20.2. The van der Waals surface area contributed by atoms with Gasteiger partial charge in [-0.3, -0.25) is 14.2 Å². The van der Waals surface area contributed by atoms with E-state index >= 15 is 0 Å². The first-order valence-corrected chi connectivity index (χ1v) is 11.3. The third-order valence-electron chi connectivity index (χ3n) is 5.27. The Morgan fingerprint density at radius 2 is 1.83 bits per heavy atom. The van der Waals surface area contributed by atoms with E-state index in [4.69, 9.17) is 0 Å². The Labute approximate surface area is 174 Å². The standard InChI is InChI=1S/C21H22N4O4S/c1-22-30(28,29)16-9-7-15(8-10-16)23-20(26)14-6-11-17-18(13-14)24-19-5-3-2-4-12-25(19)21(17)27/h6-11,13,22H,2-5,12H2,1H3,(H,23,26). The van der Waals surface area contributed by atoms with Crippen molar-refractivity contribution in [1.29, 1.82) is 0 Å². The summed E-state index contributed by atoms with van der Waals surface area (Å²) in [5, 5.41) is 3.24. The summed E-state index contributed by atoms with van der Waals surface area (Å²) in [4.78, 5) is 30.2. The van der Waals surface area contributed by atoms with Crippen LogP contribution in [0.2, 0.25) is 0 Å². The number of sulfonamides is 1. The lowest BCUT2D eigenvalue weighted by molar-refractivity contribution is 0.102. The second kappa shape index (κ2) is 8.00. The van der Waals surface area contributed by atoms with Crippen molar-refractivity contribution in [2.75, 3.05) is 12.4 Å². The lowest BCUT2D eigenvalue weighted by atomic mass is 10.1. The van der Waals surface area contributed by atoms with Gasteiger partial charge in [-0.25, -0.2) is 18.1 Å². The van der Waals surface area contributed by atoms with Crippen LogP contribution < -0.4 is 15.6 Å². The molecule has 3 aromatic rings. The summed E-state index contributed by atoms with van der Waals surface area (Å²) < 4.78 is 27.6. The highest BCUT2D eigenvalue weighted by molar-refractivity contribution is 7.89. The number of rotatable bonds is 4. The van der Waals surface area contributed by atoms with Crippen LogP contribution in [0.15, 0.2) is 52.2 Å². The summed E-state index contributed by atoms with van der Waals surface area (Å²) in [7, 11) is -2.20. The normalized spacial score (nSPS) is 14.2. The second-order valence-corrected chi connectivity index (χ2v) is 9.10. The molecule has 0 spiro atoms. The molecule has 2 N–H and O–H groups in total. The minimum Gasteiger partial charge on any atom is -0.322 e. The Bertz CT molecular complexity index is 1280. The van der Waals surface area contributed by atoms with E-state index < -0.39 is 10.0 Å². The molecule has 2 heterocycles. The molecular weight excluding hydrogens is 404 g/mol. The molecule has 0 bridgehead atoms. The van der Waals surface area contributed by atoms with Crippen LogP contribution in [0.3, 0.4) is 0 Å². The highest BCUT2D eigenvalue weighted by atomic mass is 32.2. The van der Waals surface area contributed by atoms with Crippen LogP contribution in [-0.4, -0.2) is 30.9 Å². The fraction of sp³-hybridized carbons (Fsp3) is 0.286. The molecule has 156 valence electrons. The molecule has 0 saturated heterocycles. The fourth-order valence-corrected chi connectivity index (χ4v) is 4.33. The van der Waals surface area contributed by atoms with Gasteiger partial charge in [-0.05, 0) is 62.4 Å². The largest absolute Gasteiger partial charge is 0.322 e. The van der Waals surface area contributed by atoms with Crippen molar-refractivity contribution in [3.8, 4) is 0 Å². The molecule has 30 heavy (non-hydrogen) atoms. The number of hydrogen-bond donors (Lipinski definition) is 2. The van der Waals surface area contributed by atoms with Gasteiger partial charge in [-0.1, -0.05) is 6.42 Å². The number of aryl methyl sites for hydroxylation is 1. The lowest BCUT2D eigenvalue weighted by Crippen LogP contribution is -2.24. The molecule has 1 amide bonds. The lowest BCUT2D eigenvalue weighted by Gasteiger charge is -2.11. The molecule has 0 fully saturated rings. The molecule has 0 atom stereocenters. The predicted molar refractivity (Wildman–Crippen MR) is 114 cm³/mol. The summed E-state index contributed by atoms with van der Waals surface area (Å²) >= 11 is 0. The number of carbonyl (C=O) groups is 1. The number of aromatic nitrogens is 2. The Balaban J connectivity index is 1.61. The monoisotopic (exact) mass is 426 g/mol. The van der Waals surface area contributed by atoms with Crippen molar-refractivity contribution < 1.29 is 13.2 Å². The first-order chi connectivity index (χ1) is 14.4. The van der Waals surface area contributed by atoms with Crippen LogP contribution >= 0.6 is 0 Å². The van der Waals surface area contributed by atoms with E-state index in [1.165, 1.54) is 31.3 Å². The summed E-state index contributed by atoms with van der Waals surface area (Å²) in [5.74, 6) is 0.404. The predicted octanol–water partition coefficient (Wildman–Crippen LogP) is 2.28. The second-order valence-electron chi connectivity index (χ2n) is 7.21. The molecule has 0 saturated carbocycles. The van der Waals surface area contributed by atoms with Crippen LogP contribution in [0.5, 0.6) is 0 Å². The highest BCUT2D eigenvalue weighted by Crippen LogP contribution is 2.18. The van der Waals surface area contributed by atoms with E-state index in [-0.39, 0.29) is 16.4 Å². The highest BCUT2D eigenvalue weighted by Gasteiger charge is 2.16. The van der Waals surface area contributed by atoms with Gasteiger partial charge in [0, 0.05) is 24.2 Å². The fourth-order valence-electron chi connectivity index (χ4n) is 3.60. The van der Waals surface area contributed by atoms with Crippen LogP contribution in [0, 0.1) is 0 Å². The number of fused-ring (bicyclic) bond motifs is 2. The van der Waals surface area contributed by atoms with Gasteiger partial charge < -0.3 is 5.32 Å². The molecule has 9 heteroatoms. The molecule has 1 aliphatic heterocycles. The number of hydrogen-bond acceptors (Lipinski definition) is 5. The number of amides is 1. The van der Waals surface area contributed by atoms with Crippen LogP contribution in [0.4, 0.5) is 5.69 Å². The number of nitrogens with one attached hydrogen (secondary N) is 2. The SMILES string of the molecule is CNS(=O)(=O)c1ccc(NC(=O)c2ccc3c(=O)n4c(nc3c2)CCCCC4)cc1. The van der Waals surface area contributed by atoms with Crippen molar-refractivity contribution in [1.82, 2.24) is 14.3 Å². The third-order valence-corrected chi connectivity index (χ3v) is 6.70. The maximum Gasteiger partial charge on any atom is 0.261 e. The zero-order valence-electron chi connectivity index (χ0n) is 16.5. The average Bonchev–Trinajstić information content (AvgIpc) is 2.99. The summed E-state index contributed by atoms with van der Waals surface area (Å²) in [6.45, 7) is 0.679. The summed E-state index contributed by atoms with van der Waals surface area (Å²) in [6, 6.07) is 10.7. The van der Waals surface area contributed by atoms with Crippen LogP contribution in [0.25, 0.3) is 10.9 Å². The number of carbonyl (C=O) groups excluding carboxylic acids is 1. The molecule has 0 aliphatic carbocycles. The Morgan fingerprint density at radius 3 is 2.57 bits per heavy atom. The van der Waals surface area contributed by atoms with Gasteiger partial charge in [-0.2, -0.15) is 0 Å². The quantitative estimate of drug-likeness (QED) is 0.665. The maximum absolute atomic E-state index is 12.8. The number of nitrogens with zero attached hydrogens (tertiary/aromatic N) is 2. The topological polar surface area (TPSA) is 110 Å². The van der Waals surface area contributed by atoms with Gasteiger partial charge in [-0.15, -0.1) is 0 Å². The van der Waals surface area contributed by atoms with Gasteiger partial charge in [0.15, 0.2) is 0 Å². The van der Waals surface area contributed by atoms with E-state index in [9.17, 15) is 18.0 Å². The minimum absolute atomic E-state index is 0.0646. The van der Waals surface area contributed by atoms with Gasteiger partial charge in [0.2, 0.25) is 10.0 Å². The molecule has 8 nitrogen and oxygen atoms in total. The molecule has 4 rings (SSSR count). The minimum atomic E-state index is -3.54. The van der Waals surface area contributed by atoms with Crippen LogP contribution in [0.1, 0.15) is 35.4 Å². The van der Waals surface area contributed by atoms with Gasteiger partial charge >= 0.3 is 0 Å². The molecular formula is C21H22N4O4S. The molecule has 2 aromatic carbocycles. The Morgan fingerprint density at radius 1 is 1.07 bits per heavy atom. The van der Waals surface area contributed by atoms with Crippen molar-refractivity contribution in [3.63, 3.8) is 0 Å². The van der Waals surface area contributed by atoms with Crippen molar-refractivity contribution in [2.24, 2.45) is 0 Å². The van der Waals surface area contributed by atoms with E-state index in [1.807, 2.05) is 0 Å². The van der Waals surface area contributed by atoms with Crippen LogP contribution in [-0.2, 0) is 23.0 Å². The summed E-state index contributed by atoms with van der Waals surface area (Å²) in [6.07, 6.45) is 3.79. The van der Waals surface area contributed by atoms with Gasteiger partial charge in [0.05, 0.1) is 15.8 Å². The molecule has 1 aliphatic rings. The Hall–Kier alpha value is -3.04. The van der Waals surface area contributed by atoms with Crippen molar-refractivity contribution in [2.45, 2.75) is 37.1 Å². The first-order valence-electron chi connectivity index (χ1n) is 9.77. The molecule has 0 radical (unpaired) electrons. The third kappa shape index (κ3) is 3.86. The average molecular weight is 426 g/mol. The van der Waals surface area contributed by atoms with Crippen molar-refractivity contribution in [3.05, 3.63) is 64.2 Å². The zero-order chi connectivity index (χ0) is 21.3. The van der Waals surface area contributed by atoms with Gasteiger partial charge in [0.25, 0.3) is 11.5 Å². The zero-order valence-corrected chi connectivity index (χ0v) is 17.3. The summed E-state index contributed by atoms with van der Waals surface area (Å²) in [5.41, 5.74) is 1.28. The van der Waals surface area contributed by atoms with E-state index in [0.717, 1.165) is 31.5 Å². The number of anilines is 1. The van der Waals surface area contributed by atoms with E-state index in [0.29, 0.717) is 28.7 Å². The van der Waals surface area contributed by atoms with Gasteiger partial charge in [0.1, 0.15) is 5.82 Å². The smallest absolute Gasteiger partial charge is 0.261 e. The van der Waals surface area contributed by atoms with Crippen molar-refractivity contribution >= 4 is 32.5 Å². The Kier molecular flexibility index (Phi) is 5.40.